The lowest BCUT2D eigenvalue weighted by molar-refractivity contribution is -0.131. The first kappa shape index (κ1) is 13.6. The molecule has 3 nitrogen and oxygen atoms in total. The van der Waals surface area contributed by atoms with E-state index in [0.717, 1.165) is 19.4 Å². The van der Waals surface area contributed by atoms with E-state index in [-0.39, 0.29) is 18.0 Å². The van der Waals surface area contributed by atoms with Crippen LogP contribution in [-0.2, 0) is 4.79 Å². The van der Waals surface area contributed by atoms with Crippen molar-refractivity contribution in [1.29, 1.82) is 0 Å². The van der Waals surface area contributed by atoms with Crippen LogP contribution in [0.15, 0.2) is 17.5 Å². The third-order valence-corrected chi connectivity index (χ3v) is 4.38. The fraction of sp³-hybridized carbons (Fsp3) is 0.643. The maximum Gasteiger partial charge on any atom is 0.240 e. The van der Waals surface area contributed by atoms with E-state index in [4.69, 9.17) is 0 Å². The van der Waals surface area contributed by atoms with E-state index in [1.807, 2.05) is 4.90 Å². The maximum absolute atomic E-state index is 12.4. The van der Waals surface area contributed by atoms with Crippen molar-refractivity contribution in [1.82, 2.24) is 10.2 Å². The van der Waals surface area contributed by atoms with E-state index in [0.29, 0.717) is 6.04 Å². The number of rotatable bonds is 5. The van der Waals surface area contributed by atoms with E-state index < -0.39 is 0 Å². The summed E-state index contributed by atoms with van der Waals surface area (Å²) < 4.78 is 0. The molecule has 0 spiro atoms. The summed E-state index contributed by atoms with van der Waals surface area (Å²) in [5.74, 6) is 0.268. The van der Waals surface area contributed by atoms with E-state index in [2.05, 4.69) is 43.6 Å². The van der Waals surface area contributed by atoms with Crippen molar-refractivity contribution in [3.05, 3.63) is 22.4 Å². The van der Waals surface area contributed by atoms with Crippen LogP contribution in [0.2, 0.25) is 0 Å². The van der Waals surface area contributed by atoms with Gasteiger partial charge in [0.05, 0.1) is 12.1 Å². The molecule has 0 bridgehead atoms. The second-order valence-electron chi connectivity index (χ2n) is 5.13. The van der Waals surface area contributed by atoms with Crippen LogP contribution in [0, 0.1) is 0 Å². The van der Waals surface area contributed by atoms with Crippen LogP contribution < -0.4 is 5.32 Å². The molecule has 1 fully saturated rings. The predicted octanol–water partition coefficient (Wildman–Crippen LogP) is 2.80. The molecule has 1 aromatic rings. The van der Waals surface area contributed by atoms with Gasteiger partial charge >= 0.3 is 0 Å². The molecule has 18 heavy (non-hydrogen) atoms. The van der Waals surface area contributed by atoms with Crippen molar-refractivity contribution >= 4 is 17.2 Å². The van der Waals surface area contributed by atoms with Gasteiger partial charge in [-0.2, -0.15) is 0 Å². The van der Waals surface area contributed by atoms with Crippen LogP contribution in [0.25, 0.3) is 0 Å². The predicted molar refractivity (Wildman–Crippen MR) is 75.7 cm³/mol. The molecule has 2 unspecified atom stereocenters. The Hall–Kier alpha value is -0.870. The Morgan fingerprint density at radius 2 is 2.33 bits per heavy atom. The van der Waals surface area contributed by atoms with Crippen molar-refractivity contribution in [3.8, 4) is 0 Å². The largest absolute Gasteiger partial charge is 0.333 e. The van der Waals surface area contributed by atoms with E-state index >= 15 is 0 Å². The number of carbonyl (C=O) groups is 1. The molecule has 0 radical (unpaired) electrons. The van der Waals surface area contributed by atoms with Crippen molar-refractivity contribution in [2.45, 2.75) is 51.7 Å². The van der Waals surface area contributed by atoms with Crippen molar-refractivity contribution in [2.24, 2.45) is 0 Å². The van der Waals surface area contributed by atoms with Gasteiger partial charge < -0.3 is 10.2 Å². The standard InChI is InChI=1S/C14H22N2OS/c1-4-12(13-6-5-9-18-13)16-8-7-11(14(16)17)15-10(2)3/h5-6,9-12,15H,4,7-8H2,1-3H3. The summed E-state index contributed by atoms with van der Waals surface area (Å²) in [6.45, 7) is 7.21. The lowest BCUT2D eigenvalue weighted by Gasteiger charge is -2.26. The fourth-order valence-electron chi connectivity index (χ4n) is 2.62. The number of amides is 1. The number of hydrogen-bond acceptors (Lipinski definition) is 3. The molecule has 0 aromatic carbocycles. The van der Waals surface area contributed by atoms with Gasteiger partial charge in [-0.15, -0.1) is 11.3 Å². The molecule has 1 aliphatic rings. The summed E-state index contributed by atoms with van der Waals surface area (Å²) in [4.78, 5) is 15.8. The maximum atomic E-state index is 12.4. The SMILES string of the molecule is CCC(c1cccs1)N1CCC(NC(C)C)C1=O. The Bertz CT molecular complexity index is 389. The summed E-state index contributed by atoms with van der Waals surface area (Å²) >= 11 is 1.75. The Morgan fingerprint density at radius 1 is 1.56 bits per heavy atom. The van der Waals surface area contributed by atoms with Gasteiger partial charge in [-0.05, 0) is 24.3 Å². The smallest absolute Gasteiger partial charge is 0.240 e. The van der Waals surface area contributed by atoms with Crippen molar-refractivity contribution in [3.63, 3.8) is 0 Å². The lowest BCUT2D eigenvalue weighted by Crippen LogP contribution is -2.42. The summed E-state index contributed by atoms with van der Waals surface area (Å²) in [6.07, 6.45) is 1.92. The van der Waals surface area contributed by atoms with Gasteiger partial charge in [-0.3, -0.25) is 4.79 Å². The zero-order chi connectivity index (χ0) is 13.1. The Balaban J connectivity index is 2.07. The van der Waals surface area contributed by atoms with Gasteiger partial charge in [0.1, 0.15) is 0 Å². The average Bonchev–Trinajstić information content (AvgIpc) is 2.94. The average molecular weight is 266 g/mol. The lowest BCUT2D eigenvalue weighted by atomic mass is 10.1. The van der Waals surface area contributed by atoms with Crippen LogP contribution in [0.3, 0.4) is 0 Å². The summed E-state index contributed by atoms with van der Waals surface area (Å²) in [7, 11) is 0. The van der Waals surface area contributed by atoms with Gasteiger partial charge in [0.25, 0.3) is 0 Å². The zero-order valence-electron chi connectivity index (χ0n) is 11.3. The first-order chi connectivity index (χ1) is 8.63. The van der Waals surface area contributed by atoms with Crippen LogP contribution in [0.4, 0.5) is 0 Å². The molecule has 1 amide bonds. The minimum absolute atomic E-state index is 0.0130. The van der Waals surface area contributed by atoms with Crippen LogP contribution >= 0.6 is 11.3 Å². The van der Waals surface area contributed by atoms with E-state index in [9.17, 15) is 4.79 Å². The van der Waals surface area contributed by atoms with E-state index in [1.165, 1.54) is 4.88 Å². The monoisotopic (exact) mass is 266 g/mol. The minimum atomic E-state index is 0.0130. The first-order valence-electron chi connectivity index (χ1n) is 6.73. The zero-order valence-corrected chi connectivity index (χ0v) is 12.2. The third kappa shape index (κ3) is 2.75. The number of nitrogens with one attached hydrogen (secondary N) is 1. The molecular formula is C14H22N2OS. The molecule has 2 heterocycles. The number of carbonyl (C=O) groups excluding carboxylic acids is 1. The van der Waals surface area contributed by atoms with Gasteiger partial charge in [0.15, 0.2) is 0 Å². The number of likely N-dealkylation sites (tertiary alicyclic amines) is 1. The summed E-state index contributed by atoms with van der Waals surface area (Å²) in [5.41, 5.74) is 0. The molecule has 0 aliphatic carbocycles. The second kappa shape index (κ2) is 5.85. The highest BCUT2D eigenvalue weighted by atomic mass is 32.1. The highest BCUT2D eigenvalue weighted by Crippen LogP contribution is 2.31. The number of nitrogens with zero attached hydrogens (tertiary/aromatic N) is 1. The van der Waals surface area contributed by atoms with Gasteiger partial charge in [0.2, 0.25) is 5.91 Å². The third-order valence-electron chi connectivity index (χ3n) is 3.41. The van der Waals surface area contributed by atoms with Gasteiger partial charge in [0, 0.05) is 17.5 Å². The second-order valence-corrected chi connectivity index (χ2v) is 6.11. The van der Waals surface area contributed by atoms with Crippen molar-refractivity contribution in [2.75, 3.05) is 6.54 Å². The van der Waals surface area contributed by atoms with Gasteiger partial charge in [-0.25, -0.2) is 0 Å². The Labute approximate surface area is 113 Å². The molecule has 1 aromatic heterocycles. The van der Waals surface area contributed by atoms with Crippen LogP contribution in [0.1, 0.15) is 44.5 Å². The Morgan fingerprint density at radius 3 is 2.89 bits per heavy atom. The van der Waals surface area contributed by atoms with Crippen LogP contribution in [0.5, 0.6) is 0 Å². The topological polar surface area (TPSA) is 32.3 Å². The highest BCUT2D eigenvalue weighted by molar-refractivity contribution is 7.10. The molecular weight excluding hydrogens is 244 g/mol. The number of hydrogen-bond donors (Lipinski definition) is 1. The summed E-state index contributed by atoms with van der Waals surface area (Å²) in [5, 5.41) is 5.44. The number of thiophene rings is 1. The normalized spacial score (nSPS) is 21.9. The molecule has 2 rings (SSSR count). The molecule has 1 saturated heterocycles. The summed E-state index contributed by atoms with van der Waals surface area (Å²) in [6, 6.07) is 4.83. The first-order valence-corrected chi connectivity index (χ1v) is 7.61. The van der Waals surface area contributed by atoms with E-state index in [1.54, 1.807) is 11.3 Å². The Kier molecular flexibility index (Phi) is 4.40. The van der Waals surface area contributed by atoms with Crippen LogP contribution in [-0.4, -0.2) is 29.4 Å². The molecule has 0 saturated carbocycles. The fourth-order valence-corrected chi connectivity index (χ4v) is 3.55. The molecule has 2 atom stereocenters. The minimum Gasteiger partial charge on any atom is -0.333 e. The van der Waals surface area contributed by atoms with Gasteiger partial charge in [-0.1, -0.05) is 26.8 Å². The molecule has 1 N–H and O–H groups in total. The van der Waals surface area contributed by atoms with Crippen molar-refractivity contribution < 1.29 is 4.79 Å². The molecule has 1 aliphatic heterocycles. The quantitative estimate of drug-likeness (QED) is 0.889. The molecule has 100 valence electrons. The highest BCUT2D eigenvalue weighted by Gasteiger charge is 2.36. The molecule has 4 heteroatoms.